The summed E-state index contributed by atoms with van der Waals surface area (Å²) in [6, 6.07) is 2.07. The van der Waals surface area contributed by atoms with Gasteiger partial charge in [0.1, 0.15) is 11.3 Å². The molecular weight excluding hydrogens is 240 g/mol. The minimum Gasteiger partial charge on any atom is -0.358 e. The largest absolute Gasteiger partial charge is 0.358 e. The lowest BCUT2D eigenvalue weighted by atomic mass is 10.2. The standard InChI is InChI=1S/C13H16N6/c1-3-9(12-15-6-7-16-12)18-13-11-10(4-5-14-13)19(2)8-17-11/h4-9H,3H2,1-2H3,(H,14,18)(H,15,16). The molecule has 0 aliphatic carbocycles. The van der Waals surface area contributed by atoms with Crippen molar-refractivity contribution in [3.63, 3.8) is 0 Å². The van der Waals surface area contributed by atoms with E-state index in [1.807, 2.05) is 23.9 Å². The summed E-state index contributed by atoms with van der Waals surface area (Å²) < 4.78 is 1.98. The number of aromatic amines is 1. The van der Waals surface area contributed by atoms with Crippen molar-refractivity contribution in [1.29, 1.82) is 0 Å². The zero-order valence-corrected chi connectivity index (χ0v) is 11.0. The molecule has 0 amide bonds. The van der Waals surface area contributed by atoms with E-state index in [0.29, 0.717) is 0 Å². The highest BCUT2D eigenvalue weighted by atomic mass is 15.1. The number of aromatic nitrogens is 5. The van der Waals surface area contributed by atoms with E-state index in [1.54, 1.807) is 18.7 Å². The second kappa shape index (κ2) is 4.72. The number of fused-ring (bicyclic) bond motifs is 1. The molecule has 1 atom stereocenters. The number of rotatable bonds is 4. The van der Waals surface area contributed by atoms with E-state index >= 15 is 0 Å². The van der Waals surface area contributed by atoms with Gasteiger partial charge in [-0.2, -0.15) is 0 Å². The molecule has 3 heterocycles. The number of H-pyrrole nitrogens is 1. The van der Waals surface area contributed by atoms with Gasteiger partial charge < -0.3 is 14.9 Å². The first-order chi connectivity index (χ1) is 9.29. The fourth-order valence-electron chi connectivity index (χ4n) is 2.16. The third kappa shape index (κ3) is 2.05. The van der Waals surface area contributed by atoms with Gasteiger partial charge in [-0.25, -0.2) is 15.0 Å². The number of anilines is 1. The fourth-order valence-corrected chi connectivity index (χ4v) is 2.16. The Morgan fingerprint density at radius 3 is 2.95 bits per heavy atom. The normalized spacial score (nSPS) is 12.7. The van der Waals surface area contributed by atoms with Crippen molar-refractivity contribution in [2.75, 3.05) is 5.32 Å². The molecule has 3 aromatic heterocycles. The van der Waals surface area contributed by atoms with Crippen LogP contribution < -0.4 is 5.32 Å². The van der Waals surface area contributed by atoms with Crippen molar-refractivity contribution in [3.05, 3.63) is 36.8 Å². The van der Waals surface area contributed by atoms with Gasteiger partial charge in [0.2, 0.25) is 0 Å². The highest BCUT2D eigenvalue weighted by molar-refractivity contribution is 5.85. The second-order valence-electron chi connectivity index (χ2n) is 4.46. The Bertz CT molecular complexity index is 670. The third-order valence-electron chi connectivity index (χ3n) is 3.21. The topological polar surface area (TPSA) is 71.4 Å². The summed E-state index contributed by atoms with van der Waals surface area (Å²) in [6.45, 7) is 2.11. The molecule has 98 valence electrons. The maximum Gasteiger partial charge on any atom is 0.154 e. The van der Waals surface area contributed by atoms with E-state index in [9.17, 15) is 0 Å². The molecule has 6 heteroatoms. The molecule has 0 saturated heterocycles. The number of imidazole rings is 2. The van der Waals surface area contributed by atoms with Crippen molar-refractivity contribution in [2.24, 2.45) is 7.05 Å². The maximum atomic E-state index is 4.39. The van der Waals surface area contributed by atoms with E-state index < -0.39 is 0 Å². The van der Waals surface area contributed by atoms with Gasteiger partial charge in [0.15, 0.2) is 5.82 Å². The van der Waals surface area contributed by atoms with E-state index in [-0.39, 0.29) is 6.04 Å². The van der Waals surface area contributed by atoms with Gasteiger partial charge in [0, 0.05) is 25.6 Å². The highest BCUT2D eigenvalue weighted by Gasteiger charge is 2.14. The van der Waals surface area contributed by atoms with Crippen molar-refractivity contribution < 1.29 is 0 Å². The molecule has 1 unspecified atom stereocenters. The molecule has 0 saturated carbocycles. The predicted molar refractivity (Wildman–Crippen MR) is 73.8 cm³/mol. The van der Waals surface area contributed by atoms with Gasteiger partial charge in [-0.15, -0.1) is 0 Å². The van der Waals surface area contributed by atoms with Crippen LogP contribution in [0, 0.1) is 0 Å². The first kappa shape index (κ1) is 11.7. The van der Waals surface area contributed by atoms with Crippen LogP contribution in [0.3, 0.4) is 0 Å². The average Bonchev–Trinajstić information content (AvgIpc) is 3.07. The van der Waals surface area contributed by atoms with Crippen LogP contribution in [0.4, 0.5) is 5.82 Å². The maximum absolute atomic E-state index is 4.39. The molecule has 0 radical (unpaired) electrons. The zero-order chi connectivity index (χ0) is 13.2. The van der Waals surface area contributed by atoms with Crippen LogP contribution in [0.5, 0.6) is 0 Å². The van der Waals surface area contributed by atoms with Crippen LogP contribution in [-0.2, 0) is 7.05 Å². The Balaban J connectivity index is 1.96. The zero-order valence-electron chi connectivity index (χ0n) is 11.0. The lowest BCUT2D eigenvalue weighted by molar-refractivity contribution is 0.701. The average molecular weight is 256 g/mol. The molecule has 3 rings (SSSR count). The van der Waals surface area contributed by atoms with Crippen LogP contribution in [0.25, 0.3) is 11.0 Å². The fraction of sp³-hybridized carbons (Fsp3) is 0.308. The van der Waals surface area contributed by atoms with Crippen molar-refractivity contribution in [3.8, 4) is 0 Å². The van der Waals surface area contributed by atoms with Gasteiger partial charge in [-0.05, 0) is 12.5 Å². The van der Waals surface area contributed by atoms with Gasteiger partial charge in [-0.1, -0.05) is 6.92 Å². The van der Waals surface area contributed by atoms with Crippen molar-refractivity contribution >= 4 is 16.9 Å². The number of aryl methyl sites for hydroxylation is 1. The van der Waals surface area contributed by atoms with Crippen molar-refractivity contribution in [1.82, 2.24) is 24.5 Å². The Labute approximate surface area is 110 Å². The first-order valence-corrected chi connectivity index (χ1v) is 6.31. The van der Waals surface area contributed by atoms with Gasteiger partial charge >= 0.3 is 0 Å². The summed E-state index contributed by atoms with van der Waals surface area (Å²) in [5, 5.41) is 3.41. The summed E-state index contributed by atoms with van der Waals surface area (Å²) in [4.78, 5) is 16.2. The molecule has 3 aromatic rings. The van der Waals surface area contributed by atoms with E-state index in [1.165, 1.54) is 0 Å². The first-order valence-electron chi connectivity index (χ1n) is 6.31. The summed E-state index contributed by atoms with van der Waals surface area (Å²) in [7, 11) is 1.98. The predicted octanol–water partition coefficient (Wildman–Crippen LogP) is 2.25. The number of nitrogens with zero attached hydrogens (tertiary/aromatic N) is 4. The van der Waals surface area contributed by atoms with Gasteiger partial charge in [-0.3, -0.25) is 0 Å². The molecule has 0 aliphatic heterocycles. The molecule has 0 spiro atoms. The Hall–Kier alpha value is -2.37. The second-order valence-corrected chi connectivity index (χ2v) is 4.46. The Morgan fingerprint density at radius 1 is 1.32 bits per heavy atom. The SMILES string of the molecule is CCC(Nc1nccc2c1ncn2C)c1ncc[nH]1. The molecule has 0 bridgehead atoms. The van der Waals surface area contributed by atoms with E-state index in [4.69, 9.17) is 0 Å². The van der Waals surface area contributed by atoms with Crippen LogP contribution in [0.1, 0.15) is 25.2 Å². The molecule has 0 aliphatic rings. The highest BCUT2D eigenvalue weighted by Crippen LogP contribution is 2.24. The smallest absolute Gasteiger partial charge is 0.154 e. The number of hydrogen-bond acceptors (Lipinski definition) is 4. The van der Waals surface area contributed by atoms with E-state index in [2.05, 4.69) is 32.2 Å². The minimum absolute atomic E-state index is 0.107. The Morgan fingerprint density at radius 2 is 2.21 bits per heavy atom. The van der Waals surface area contributed by atoms with Crippen LogP contribution in [0.15, 0.2) is 31.0 Å². The monoisotopic (exact) mass is 256 g/mol. The lowest BCUT2D eigenvalue weighted by Gasteiger charge is -2.15. The van der Waals surface area contributed by atoms with Crippen LogP contribution in [0.2, 0.25) is 0 Å². The molecular formula is C13H16N6. The quantitative estimate of drug-likeness (QED) is 0.751. The molecule has 0 fully saturated rings. The molecule has 6 nitrogen and oxygen atoms in total. The van der Waals surface area contributed by atoms with E-state index in [0.717, 1.165) is 29.1 Å². The van der Waals surface area contributed by atoms with Crippen molar-refractivity contribution in [2.45, 2.75) is 19.4 Å². The third-order valence-corrected chi connectivity index (χ3v) is 3.21. The summed E-state index contributed by atoms with van der Waals surface area (Å²) in [6.07, 6.45) is 8.09. The molecule has 19 heavy (non-hydrogen) atoms. The summed E-state index contributed by atoms with van der Waals surface area (Å²) in [5.41, 5.74) is 1.95. The van der Waals surface area contributed by atoms with Gasteiger partial charge in [0.25, 0.3) is 0 Å². The minimum atomic E-state index is 0.107. The van der Waals surface area contributed by atoms with Crippen LogP contribution in [-0.4, -0.2) is 24.5 Å². The number of nitrogens with one attached hydrogen (secondary N) is 2. The molecule has 0 aromatic carbocycles. The number of hydrogen-bond donors (Lipinski definition) is 2. The summed E-state index contributed by atoms with van der Waals surface area (Å²) in [5.74, 6) is 1.71. The Kier molecular flexibility index (Phi) is 2.91. The molecule has 2 N–H and O–H groups in total. The summed E-state index contributed by atoms with van der Waals surface area (Å²) >= 11 is 0. The van der Waals surface area contributed by atoms with Gasteiger partial charge in [0.05, 0.1) is 17.9 Å². The lowest BCUT2D eigenvalue weighted by Crippen LogP contribution is -2.12. The number of pyridine rings is 1. The van der Waals surface area contributed by atoms with Crippen LogP contribution >= 0.6 is 0 Å².